The maximum absolute atomic E-state index is 13.9. The lowest BCUT2D eigenvalue weighted by atomic mass is 9.94. The van der Waals surface area contributed by atoms with Gasteiger partial charge in [-0.3, -0.25) is 9.59 Å². The number of benzene rings is 3. The van der Waals surface area contributed by atoms with Gasteiger partial charge >= 0.3 is 6.03 Å². The number of fused-ring (bicyclic) bond motifs is 1. The summed E-state index contributed by atoms with van der Waals surface area (Å²) in [4.78, 5) is 44.1. The van der Waals surface area contributed by atoms with Crippen molar-refractivity contribution in [1.29, 1.82) is 0 Å². The molecule has 0 unspecified atom stereocenters. The summed E-state index contributed by atoms with van der Waals surface area (Å²) in [7, 11) is 7.71. The first kappa shape index (κ1) is 25.5. The van der Waals surface area contributed by atoms with Crippen LogP contribution in [0.25, 0.3) is 0 Å². The minimum absolute atomic E-state index is 0.00302. The third-order valence-corrected chi connectivity index (χ3v) is 7.03. The molecule has 1 N–H and O–H groups in total. The summed E-state index contributed by atoms with van der Waals surface area (Å²) in [6.45, 7) is 0.873. The molecule has 2 fully saturated rings. The molecule has 0 spiro atoms. The summed E-state index contributed by atoms with van der Waals surface area (Å²) in [6, 6.07) is 25.7. The van der Waals surface area contributed by atoms with Crippen molar-refractivity contribution < 1.29 is 14.4 Å². The molecule has 0 bridgehead atoms. The highest BCUT2D eigenvalue weighted by atomic mass is 16.2. The van der Waals surface area contributed by atoms with Crippen LogP contribution in [0.5, 0.6) is 0 Å². The predicted octanol–water partition coefficient (Wildman–Crippen LogP) is 1.66. The molecule has 2 aliphatic rings. The number of urea groups is 1. The highest BCUT2D eigenvalue weighted by molar-refractivity contribution is 6.32. The maximum atomic E-state index is 13.9. The van der Waals surface area contributed by atoms with Gasteiger partial charge in [-0.25, -0.2) is 14.8 Å². The molecule has 2 heterocycles. The molecule has 0 saturated carbocycles. The van der Waals surface area contributed by atoms with Gasteiger partial charge in [0.15, 0.2) is 0 Å². The lowest BCUT2D eigenvalue weighted by Crippen LogP contribution is -2.76. The molecule has 192 valence electrons. The summed E-state index contributed by atoms with van der Waals surface area (Å²) in [5.74, 6) is -0.322. The third-order valence-electron chi connectivity index (χ3n) is 7.03. The molecule has 0 aromatic heterocycles. The number of hydrazine groups is 1. The van der Waals surface area contributed by atoms with Crippen LogP contribution >= 0.6 is 0 Å². The number of amides is 4. The van der Waals surface area contributed by atoms with Crippen LogP contribution in [0.3, 0.4) is 0 Å². The zero-order valence-electron chi connectivity index (χ0n) is 21.4. The molecule has 8 nitrogen and oxygen atoms in total. The Bertz CT molecular complexity index is 1310. The Kier molecular flexibility index (Phi) is 7.46. The third kappa shape index (κ3) is 5.43. The van der Waals surface area contributed by atoms with E-state index in [9.17, 15) is 14.4 Å². The van der Waals surface area contributed by atoms with Crippen molar-refractivity contribution in [2.24, 2.45) is 0 Å². The largest absolute Gasteiger partial charge is 0.334 e. The minimum atomic E-state index is -0.733. The van der Waals surface area contributed by atoms with Crippen molar-refractivity contribution in [3.05, 3.63) is 102 Å². The van der Waals surface area contributed by atoms with E-state index in [1.165, 1.54) is 0 Å². The second-order valence-corrected chi connectivity index (χ2v) is 9.76. The quantitative estimate of drug-likeness (QED) is 0.516. The predicted molar refractivity (Wildman–Crippen MR) is 145 cm³/mol. The molecule has 3 aromatic rings. The van der Waals surface area contributed by atoms with Crippen molar-refractivity contribution in [2.45, 2.75) is 31.7 Å². The van der Waals surface area contributed by atoms with Crippen LogP contribution in [0.1, 0.15) is 16.7 Å². The van der Waals surface area contributed by atoms with E-state index < -0.39 is 12.2 Å². The second kappa shape index (κ2) is 11.1. The van der Waals surface area contributed by atoms with E-state index in [-0.39, 0.29) is 30.9 Å². The second-order valence-electron chi connectivity index (χ2n) is 9.76. The molecular weight excluding hydrogens is 477 g/mol. The van der Waals surface area contributed by atoms with Crippen molar-refractivity contribution in [3.63, 3.8) is 0 Å². The van der Waals surface area contributed by atoms with Crippen LogP contribution in [0.15, 0.2) is 84.9 Å². The van der Waals surface area contributed by atoms with Crippen molar-refractivity contribution in [2.75, 3.05) is 20.1 Å². The first-order valence-electron chi connectivity index (χ1n) is 12.7. The first-order chi connectivity index (χ1) is 18.4. The number of hydrogen-bond donors (Lipinski definition) is 1. The lowest BCUT2D eigenvalue weighted by Gasteiger charge is -2.54. The molecule has 0 aliphatic carbocycles. The summed E-state index contributed by atoms with van der Waals surface area (Å²) in [5, 5.41) is 6.19. The summed E-state index contributed by atoms with van der Waals surface area (Å²) < 4.78 is 0. The van der Waals surface area contributed by atoms with Gasteiger partial charge in [-0.2, -0.15) is 0 Å². The van der Waals surface area contributed by atoms with Gasteiger partial charge < -0.3 is 15.1 Å². The van der Waals surface area contributed by atoms with E-state index in [1.54, 1.807) is 32.9 Å². The average molecular weight is 507 g/mol. The van der Waals surface area contributed by atoms with Crippen LogP contribution in [0, 0.1) is 0 Å². The van der Waals surface area contributed by atoms with Gasteiger partial charge in [-0.15, -0.1) is 0 Å². The number of piperazine rings is 1. The Balaban J connectivity index is 1.45. The van der Waals surface area contributed by atoms with Crippen LogP contribution in [0.4, 0.5) is 4.79 Å². The first-order valence-corrected chi connectivity index (χ1v) is 12.7. The Hall–Kier alpha value is -4.11. The Morgan fingerprint density at radius 3 is 2.26 bits per heavy atom. The fourth-order valence-corrected chi connectivity index (χ4v) is 5.25. The van der Waals surface area contributed by atoms with Gasteiger partial charge in [0, 0.05) is 26.6 Å². The summed E-state index contributed by atoms with van der Waals surface area (Å²) >= 11 is 0. The fourth-order valence-electron chi connectivity index (χ4n) is 5.25. The van der Waals surface area contributed by atoms with Gasteiger partial charge in [0.2, 0.25) is 11.8 Å². The topological polar surface area (TPSA) is 76.2 Å². The average Bonchev–Trinajstić information content (AvgIpc) is 2.91. The number of nitrogens with one attached hydrogen (secondary N) is 1. The normalized spacial score (nSPS) is 19.9. The van der Waals surface area contributed by atoms with Crippen LogP contribution in [-0.4, -0.2) is 77.9 Å². The van der Waals surface area contributed by atoms with Crippen molar-refractivity contribution in [3.8, 4) is 0 Å². The van der Waals surface area contributed by atoms with Crippen LogP contribution < -0.4 is 10.8 Å². The van der Waals surface area contributed by atoms with E-state index in [0.717, 1.165) is 16.7 Å². The van der Waals surface area contributed by atoms with Gasteiger partial charge in [-0.1, -0.05) is 90.4 Å². The highest BCUT2D eigenvalue weighted by Crippen LogP contribution is 2.28. The molecule has 2 saturated heterocycles. The molecule has 2 atom stereocenters. The summed E-state index contributed by atoms with van der Waals surface area (Å²) in [6.07, 6.45) is -0.289. The fraction of sp³-hybridized carbons (Fsp3) is 0.276. The number of likely N-dealkylation sites (N-methyl/N-ethyl adjacent to an activating group) is 1. The van der Waals surface area contributed by atoms with Gasteiger partial charge in [0.05, 0.1) is 13.1 Å². The van der Waals surface area contributed by atoms with Crippen LogP contribution in [-0.2, 0) is 29.1 Å². The Morgan fingerprint density at radius 2 is 1.58 bits per heavy atom. The molecular formula is C29H30BN5O3. The number of rotatable bonds is 6. The zero-order valence-corrected chi connectivity index (χ0v) is 21.4. The van der Waals surface area contributed by atoms with E-state index in [1.807, 2.05) is 78.9 Å². The highest BCUT2D eigenvalue weighted by Gasteiger charge is 2.50. The molecule has 4 amide bonds. The standard InChI is InChI=1S/C29H30BN5O3/c1-32-20-27(36)34-25(16-21-9-4-2-5-10-21)28(37)33(18-23-13-8-14-24(30)15-23)19-26(34)35(32)29(38)31-17-22-11-6-3-7-12-22/h2-15,25-26H,16-20H2,1H3,(H,31,38)/t25-,26-/m0/s1. The Morgan fingerprint density at radius 1 is 0.921 bits per heavy atom. The monoisotopic (exact) mass is 507 g/mol. The van der Waals surface area contributed by atoms with Gasteiger partial charge in [0.25, 0.3) is 0 Å². The molecule has 38 heavy (non-hydrogen) atoms. The number of nitrogens with zero attached hydrogens (tertiary/aromatic N) is 4. The number of carbonyl (C=O) groups is 3. The number of hydrogen-bond acceptors (Lipinski definition) is 4. The molecule has 5 rings (SSSR count). The minimum Gasteiger partial charge on any atom is -0.333 e. The molecule has 3 aromatic carbocycles. The lowest BCUT2D eigenvalue weighted by molar-refractivity contribution is -0.187. The zero-order chi connectivity index (χ0) is 26.6. The van der Waals surface area contributed by atoms with Crippen LogP contribution in [0.2, 0.25) is 0 Å². The van der Waals surface area contributed by atoms with E-state index in [4.69, 9.17) is 7.85 Å². The molecule has 2 aliphatic heterocycles. The van der Waals surface area contributed by atoms with E-state index in [0.29, 0.717) is 25.0 Å². The molecule has 9 heteroatoms. The van der Waals surface area contributed by atoms with Crippen molar-refractivity contribution >= 4 is 31.2 Å². The maximum Gasteiger partial charge on any atom is 0.334 e. The molecule has 2 radical (unpaired) electrons. The van der Waals surface area contributed by atoms with Gasteiger partial charge in [0.1, 0.15) is 20.1 Å². The van der Waals surface area contributed by atoms with Crippen molar-refractivity contribution in [1.82, 2.24) is 25.1 Å². The SMILES string of the molecule is [B]c1cccc(CN2C[C@H]3N(C(=O)CN(C)N3C(=O)NCc3ccccc3)[C@@H](Cc3ccccc3)C2=O)c1. The smallest absolute Gasteiger partial charge is 0.333 e. The van der Waals surface area contributed by atoms with E-state index in [2.05, 4.69) is 5.32 Å². The van der Waals surface area contributed by atoms with Gasteiger partial charge in [-0.05, 0) is 16.7 Å². The number of carbonyl (C=O) groups excluding carboxylic acids is 3. The summed E-state index contributed by atoms with van der Waals surface area (Å²) in [5.41, 5.74) is 3.42. The van der Waals surface area contributed by atoms with E-state index >= 15 is 0 Å². The Labute approximate surface area is 224 Å².